The van der Waals surface area contributed by atoms with E-state index in [1.807, 2.05) is 11.9 Å². The first kappa shape index (κ1) is 14.4. The van der Waals surface area contributed by atoms with Crippen molar-refractivity contribution in [3.63, 3.8) is 0 Å². The Morgan fingerprint density at radius 2 is 1.89 bits per heavy atom. The lowest BCUT2D eigenvalue weighted by Crippen LogP contribution is -2.47. The van der Waals surface area contributed by atoms with E-state index in [0.29, 0.717) is 31.7 Å². The van der Waals surface area contributed by atoms with E-state index in [0.717, 1.165) is 6.07 Å². The van der Waals surface area contributed by atoms with Crippen molar-refractivity contribution >= 4 is 10.0 Å². The van der Waals surface area contributed by atoms with Gasteiger partial charge in [0, 0.05) is 32.7 Å². The van der Waals surface area contributed by atoms with E-state index in [4.69, 9.17) is 5.73 Å². The van der Waals surface area contributed by atoms with E-state index < -0.39 is 15.8 Å². The van der Waals surface area contributed by atoms with Crippen molar-refractivity contribution in [1.29, 1.82) is 0 Å². The van der Waals surface area contributed by atoms with E-state index in [1.165, 1.54) is 16.4 Å². The maximum Gasteiger partial charge on any atom is 0.246 e. The Bertz CT molecular complexity index is 554. The number of nitrogens with zero attached hydrogens (tertiary/aromatic N) is 2. The van der Waals surface area contributed by atoms with Gasteiger partial charge in [-0.2, -0.15) is 4.31 Å². The van der Waals surface area contributed by atoms with Gasteiger partial charge in [0.05, 0.1) is 0 Å². The van der Waals surface area contributed by atoms with Crippen LogP contribution in [0.4, 0.5) is 4.39 Å². The zero-order chi connectivity index (χ0) is 14.0. The first-order chi connectivity index (χ1) is 8.95. The Hall–Kier alpha value is -1.02. The Morgan fingerprint density at radius 3 is 2.47 bits per heavy atom. The van der Waals surface area contributed by atoms with Gasteiger partial charge in [-0.1, -0.05) is 6.07 Å². The number of piperazine rings is 1. The Kier molecular flexibility index (Phi) is 4.19. The van der Waals surface area contributed by atoms with Gasteiger partial charge >= 0.3 is 0 Å². The van der Waals surface area contributed by atoms with Gasteiger partial charge in [0.15, 0.2) is 0 Å². The molecular formula is C12H18FN3O2S. The zero-order valence-corrected chi connectivity index (χ0v) is 11.7. The molecule has 1 aromatic carbocycles. The summed E-state index contributed by atoms with van der Waals surface area (Å²) in [6.45, 7) is 2.25. The fraction of sp³-hybridized carbons (Fsp3) is 0.500. The van der Waals surface area contributed by atoms with Crippen LogP contribution in [-0.2, 0) is 16.6 Å². The molecule has 0 aliphatic carbocycles. The van der Waals surface area contributed by atoms with Crippen molar-refractivity contribution < 1.29 is 12.8 Å². The number of nitrogens with two attached hydrogens (primary N) is 1. The third-order valence-corrected chi connectivity index (χ3v) is 5.23. The molecule has 1 aliphatic heterocycles. The fourth-order valence-electron chi connectivity index (χ4n) is 2.04. The third kappa shape index (κ3) is 2.94. The normalized spacial score (nSPS) is 18.7. The largest absolute Gasteiger partial charge is 0.326 e. The molecule has 0 atom stereocenters. The first-order valence-corrected chi connectivity index (χ1v) is 7.56. The molecule has 2 rings (SSSR count). The summed E-state index contributed by atoms with van der Waals surface area (Å²) in [6, 6.07) is 3.98. The van der Waals surface area contributed by atoms with Crippen LogP contribution in [0.25, 0.3) is 0 Å². The van der Waals surface area contributed by atoms with Crippen molar-refractivity contribution in [2.24, 2.45) is 5.73 Å². The second-order valence-electron chi connectivity index (χ2n) is 4.68. The van der Waals surface area contributed by atoms with Crippen LogP contribution in [0.15, 0.2) is 23.1 Å². The molecule has 0 saturated carbocycles. The minimum absolute atomic E-state index is 0.186. The quantitative estimate of drug-likeness (QED) is 0.863. The predicted molar refractivity (Wildman–Crippen MR) is 70.5 cm³/mol. The molecule has 0 bridgehead atoms. The molecule has 1 aromatic rings. The van der Waals surface area contributed by atoms with Gasteiger partial charge in [0.1, 0.15) is 10.7 Å². The topological polar surface area (TPSA) is 66.6 Å². The van der Waals surface area contributed by atoms with Crippen LogP contribution in [0.5, 0.6) is 0 Å². The highest BCUT2D eigenvalue weighted by atomic mass is 32.2. The molecule has 19 heavy (non-hydrogen) atoms. The van der Waals surface area contributed by atoms with Crippen LogP contribution in [-0.4, -0.2) is 50.8 Å². The monoisotopic (exact) mass is 287 g/mol. The van der Waals surface area contributed by atoms with E-state index >= 15 is 0 Å². The molecule has 1 aliphatic rings. The van der Waals surface area contributed by atoms with Crippen LogP contribution in [0.2, 0.25) is 0 Å². The highest BCUT2D eigenvalue weighted by Crippen LogP contribution is 2.21. The molecule has 2 N–H and O–H groups in total. The smallest absolute Gasteiger partial charge is 0.246 e. The summed E-state index contributed by atoms with van der Waals surface area (Å²) in [7, 11) is -1.84. The summed E-state index contributed by atoms with van der Waals surface area (Å²) >= 11 is 0. The minimum atomic E-state index is -3.77. The Balaban J connectivity index is 2.34. The van der Waals surface area contributed by atoms with E-state index in [1.54, 1.807) is 0 Å². The lowest BCUT2D eigenvalue weighted by Gasteiger charge is -2.31. The average Bonchev–Trinajstić information content (AvgIpc) is 2.39. The van der Waals surface area contributed by atoms with E-state index in [2.05, 4.69) is 0 Å². The summed E-state index contributed by atoms with van der Waals surface area (Å²) in [5, 5.41) is 0. The van der Waals surface area contributed by atoms with Gasteiger partial charge in [-0.25, -0.2) is 12.8 Å². The number of likely N-dealkylation sites (N-methyl/N-ethyl adjacent to an activating group) is 1. The molecule has 0 unspecified atom stereocenters. The van der Waals surface area contributed by atoms with E-state index in [-0.39, 0.29) is 11.4 Å². The number of sulfonamides is 1. The van der Waals surface area contributed by atoms with Crippen molar-refractivity contribution in [1.82, 2.24) is 9.21 Å². The Labute approximate surface area is 112 Å². The molecule has 1 heterocycles. The molecule has 106 valence electrons. The van der Waals surface area contributed by atoms with Crippen LogP contribution in [0.1, 0.15) is 5.56 Å². The molecule has 0 amide bonds. The summed E-state index contributed by atoms with van der Waals surface area (Å²) in [4.78, 5) is 1.76. The highest BCUT2D eigenvalue weighted by molar-refractivity contribution is 7.89. The maximum absolute atomic E-state index is 13.8. The van der Waals surface area contributed by atoms with Gasteiger partial charge in [-0.15, -0.1) is 0 Å². The van der Waals surface area contributed by atoms with Crippen LogP contribution in [0.3, 0.4) is 0 Å². The van der Waals surface area contributed by atoms with Gasteiger partial charge in [-0.3, -0.25) is 0 Å². The van der Waals surface area contributed by atoms with Crippen molar-refractivity contribution in [3.05, 3.63) is 29.6 Å². The van der Waals surface area contributed by atoms with Crippen molar-refractivity contribution in [2.45, 2.75) is 11.4 Å². The zero-order valence-electron chi connectivity index (χ0n) is 10.8. The second kappa shape index (κ2) is 5.54. The number of hydrogen-bond acceptors (Lipinski definition) is 4. The highest BCUT2D eigenvalue weighted by Gasteiger charge is 2.29. The number of hydrogen-bond donors (Lipinski definition) is 1. The van der Waals surface area contributed by atoms with Gasteiger partial charge in [0.2, 0.25) is 10.0 Å². The molecule has 1 saturated heterocycles. The first-order valence-electron chi connectivity index (χ1n) is 6.12. The third-order valence-electron chi connectivity index (χ3n) is 3.31. The lowest BCUT2D eigenvalue weighted by molar-refractivity contribution is 0.222. The standard InChI is InChI=1S/C12H18FN3O2S/c1-15-4-6-16(7-5-15)19(17,18)12-8-10(9-14)2-3-11(12)13/h2-3,8H,4-7,9,14H2,1H3. The SMILES string of the molecule is CN1CCN(S(=O)(=O)c2cc(CN)ccc2F)CC1. The molecule has 7 heteroatoms. The van der Waals surface area contributed by atoms with Gasteiger partial charge < -0.3 is 10.6 Å². The predicted octanol–water partition coefficient (Wildman–Crippen LogP) is 0.220. The molecule has 0 spiro atoms. The molecule has 5 nitrogen and oxygen atoms in total. The number of benzene rings is 1. The van der Waals surface area contributed by atoms with Gasteiger partial charge in [-0.05, 0) is 24.7 Å². The summed E-state index contributed by atoms with van der Waals surface area (Å²) in [6.07, 6.45) is 0. The van der Waals surface area contributed by atoms with Crippen LogP contribution < -0.4 is 5.73 Å². The second-order valence-corrected chi connectivity index (χ2v) is 6.58. The summed E-state index contributed by atoms with van der Waals surface area (Å²) < 4.78 is 39.9. The Morgan fingerprint density at radius 1 is 1.26 bits per heavy atom. The number of halogens is 1. The van der Waals surface area contributed by atoms with Crippen LogP contribution in [0, 0.1) is 5.82 Å². The average molecular weight is 287 g/mol. The molecule has 1 fully saturated rings. The lowest BCUT2D eigenvalue weighted by atomic mass is 10.2. The minimum Gasteiger partial charge on any atom is -0.326 e. The molecule has 0 radical (unpaired) electrons. The van der Waals surface area contributed by atoms with E-state index in [9.17, 15) is 12.8 Å². The summed E-state index contributed by atoms with van der Waals surface area (Å²) in [5.41, 5.74) is 6.08. The number of rotatable bonds is 3. The summed E-state index contributed by atoms with van der Waals surface area (Å²) in [5.74, 6) is -0.726. The molecular weight excluding hydrogens is 269 g/mol. The fourth-order valence-corrected chi connectivity index (χ4v) is 3.58. The van der Waals surface area contributed by atoms with Gasteiger partial charge in [0.25, 0.3) is 0 Å². The van der Waals surface area contributed by atoms with Crippen molar-refractivity contribution in [3.8, 4) is 0 Å². The molecule has 0 aromatic heterocycles. The van der Waals surface area contributed by atoms with Crippen LogP contribution >= 0.6 is 0 Å². The van der Waals surface area contributed by atoms with Crippen molar-refractivity contribution in [2.75, 3.05) is 33.2 Å². The maximum atomic E-state index is 13.8.